The van der Waals surface area contributed by atoms with E-state index in [0.29, 0.717) is 0 Å². The molecule has 0 radical (unpaired) electrons. The molecular weight excluding hydrogens is 266 g/mol. The van der Waals surface area contributed by atoms with Crippen molar-refractivity contribution >= 4 is 0 Å². The van der Waals surface area contributed by atoms with Crippen LogP contribution in [0.4, 0.5) is 0 Å². The highest BCUT2D eigenvalue weighted by atomic mass is 14.3. The van der Waals surface area contributed by atoms with Crippen molar-refractivity contribution in [3.05, 3.63) is 35.4 Å². The second-order valence-electron chi connectivity index (χ2n) is 6.55. The van der Waals surface area contributed by atoms with Crippen molar-refractivity contribution in [2.24, 2.45) is 5.92 Å². The second kappa shape index (κ2) is 9.32. The van der Waals surface area contributed by atoms with Gasteiger partial charge >= 0.3 is 0 Å². The zero-order valence-corrected chi connectivity index (χ0v) is 13.8. The molecule has 1 heteroatoms. The number of benzene rings is 1. The molecule has 1 saturated carbocycles. The largest absolute Gasteiger partial charge is 0.183 e. The molecule has 1 aliphatic carbocycles. The van der Waals surface area contributed by atoms with E-state index in [4.69, 9.17) is 5.26 Å². The summed E-state index contributed by atoms with van der Waals surface area (Å²) < 4.78 is 0. The molecule has 0 amide bonds. The average molecular weight is 293 g/mol. The second-order valence-corrected chi connectivity index (χ2v) is 6.55. The predicted octanol–water partition coefficient (Wildman–Crippen LogP) is 5.81. The van der Waals surface area contributed by atoms with Gasteiger partial charge in [0, 0.05) is 11.5 Å². The first-order valence-electron chi connectivity index (χ1n) is 8.83. The monoisotopic (exact) mass is 293 g/mol. The van der Waals surface area contributed by atoms with Crippen molar-refractivity contribution in [1.29, 1.82) is 5.26 Å². The average Bonchev–Trinajstić information content (AvgIpc) is 2.58. The van der Waals surface area contributed by atoms with Crippen LogP contribution in [0.1, 0.15) is 81.8 Å². The molecule has 1 fully saturated rings. The standard InChI is InChI=1S/C21H27N/c1-2-3-4-5-7-18-9-13-20(14-10-18)21-15-11-19(12-16-21)8-6-17-22/h11-12,15-16,18,20H,2-5,7,9-10,13-14H2,1H3/t18-,20-. The first-order chi connectivity index (χ1) is 10.8. The topological polar surface area (TPSA) is 23.8 Å². The third-order valence-corrected chi connectivity index (χ3v) is 4.96. The van der Waals surface area contributed by atoms with E-state index in [9.17, 15) is 0 Å². The summed E-state index contributed by atoms with van der Waals surface area (Å²) >= 11 is 0. The van der Waals surface area contributed by atoms with Gasteiger partial charge in [0.25, 0.3) is 0 Å². The molecule has 1 aromatic carbocycles. The molecule has 116 valence electrons. The highest BCUT2D eigenvalue weighted by molar-refractivity contribution is 5.39. The van der Waals surface area contributed by atoms with E-state index in [-0.39, 0.29) is 0 Å². The Balaban J connectivity index is 1.78. The lowest BCUT2D eigenvalue weighted by atomic mass is 9.77. The van der Waals surface area contributed by atoms with Gasteiger partial charge in [0.1, 0.15) is 0 Å². The lowest BCUT2D eigenvalue weighted by molar-refractivity contribution is 0.302. The Morgan fingerprint density at radius 3 is 2.36 bits per heavy atom. The Labute approximate surface area is 135 Å². The quantitative estimate of drug-likeness (QED) is 0.480. The Hall–Kier alpha value is -1.73. The zero-order valence-electron chi connectivity index (χ0n) is 13.8. The molecule has 0 N–H and O–H groups in total. The Bertz CT molecular complexity index is 530. The van der Waals surface area contributed by atoms with Gasteiger partial charge in [-0.1, -0.05) is 57.1 Å². The van der Waals surface area contributed by atoms with Crippen LogP contribution < -0.4 is 0 Å². The van der Waals surface area contributed by atoms with Crippen molar-refractivity contribution in [2.45, 2.75) is 70.6 Å². The Kier molecular flexibility index (Phi) is 7.05. The third-order valence-electron chi connectivity index (χ3n) is 4.96. The maximum atomic E-state index is 8.48. The highest BCUT2D eigenvalue weighted by Gasteiger charge is 2.21. The van der Waals surface area contributed by atoms with Crippen LogP contribution in [0.15, 0.2) is 24.3 Å². The number of unbranched alkanes of at least 4 members (excludes halogenated alkanes) is 3. The van der Waals surface area contributed by atoms with Crippen LogP contribution in [0.25, 0.3) is 0 Å². The van der Waals surface area contributed by atoms with Gasteiger partial charge < -0.3 is 0 Å². The Morgan fingerprint density at radius 2 is 1.73 bits per heavy atom. The molecule has 0 spiro atoms. The van der Waals surface area contributed by atoms with Gasteiger partial charge in [0.15, 0.2) is 6.07 Å². The van der Waals surface area contributed by atoms with E-state index < -0.39 is 0 Å². The lowest BCUT2D eigenvalue weighted by Gasteiger charge is -2.29. The predicted molar refractivity (Wildman–Crippen MR) is 92.4 cm³/mol. The van der Waals surface area contributed by atoms with Crippen LogP contribution in [0.3, 0.4) is 0 Å². The lowest BCUT2D eigenvalue weighted by Crippen LogP contribution is -2.13. The Morgan fingerprint density at radius 1 is 1.00 bits per heavy atom. The maximum Gasteiger partial charge on any atom is 0.152 e. The fourth-order valence-electron chi connectivity index (χ4n) is 3.58. The van der Waals surface area contributed by atoms with Crippen LogP contribution in [0.5, 0.6) is 0 Å². The fraction of sp³-hybridized carbons (Fsp3) is 0.571. The molecule has 0 unspecified atom stereocenters. The number of hydrogen-bond donors (Lipinski definition) is 0. The van der Waals surface area contributed by atoms with E-state index in [1.165, 1.54) is 63.4 Å². The van der Waals surface area contributed by atoms with Crippen molar-refractivity contribution < 1.29 is 0 Å². The first kappa shape index (κ1) is 16.6. The molecule has 0 aromatic heterocycles. The molecule has 0 heterocycles. The van der Waals surface area contributed by atoms with Crippen molar-refractivity contribution in [1.82, 2.24) is 0 Å². The summed E-state index contributed by atoms with van der Waals surface area (Å²) in [7, 11) is 0. The number of nitrogens with zero attached hydrogens (tertiary/aromatic N) is 1. The number of hydrogen-bond acceptors (Lipinski definition) is 1. The van der Waals surface area contributed by atoms with Gasteiger partial charge in [-0.3, -0.25) is 0 Å². The summed E-state index contributed by atoms with van der Waals surface area (Å²) in [6, 6.07) is 10.4. The zero-order chi connectivity index (χ0) is 15.6. The number of rotatable bonds is 6. The van der Waals surface area contributed by atoms with Gasteiger partial charge in [-0.2, -0.15) is 5.26 Å². The molecule has 0 bridgehead atoms. The first-order valence-corrected chi connectivity index (χ1v) is 8.83. The summed E-state index contributed by atoms with van der Waals surface area (Å²) in [5.74, 6) is 7.00. The molecule has 1 aliphatic rings. The van der Waals surface area contributed by atoms with E-state index in [2.05, 4.69) is 43.0 Å². The maximum absolute atomic E-state index is 8.48. The van der Waals surface area contributed by atoms with Gasteiger partial charge in [0.2, 0.25) is 0 Å². The van der Waals surface area contributed by atoms with Crippen LogP contribution >= 0.6 is 0 Å². The molecule has 1 aromatic rings. The smallest absolute Gasteiger partial charge is 0.152 e. The van der Waals surface area contributed by atoms with Crippen molar-refractivity contribution in [2.75, 3.05) is 0 Å². The summed E-state index contributed by atoms with van der Waals surface area (Å²) in [5, 5.41) is 8.48. The van der Waals surface area contributed by atoms with Crippen LogP contribution in [-0.4, -0.2) is 0 Å². The molecular formula is C21H27N. The molecule has 0 atom stereocenters. The van der Waals surface area contributed by atoms with Gasteiger partial charge in [-0.05, 0) is 55.2 Å². The van der Waals surface area contributed by atoms with Gasteiger partial charge in [-0.25, -0.2) is 0 Å². The molecule has 22 heavy (non-hydrogen) atoms. The number of nitriles is 1. The molecule has 2 rings (SSSR count). The minimum absolute atomic E-state index is 0.727. The molecule has 0 saturated heterocycles. The van der Waals surface area contributed by atoms with Crippen molar-refractivity contribution in [3.8, 4) is 17.9 Å². The highest BCUT2D eigenvalue weighted by Crippen LogP contribution is 2.37. The van der Waals surface area contributed by atoms with E-state index in [1.807, 2.05) is 6.07 Å². The van der Waals surface area contributed by atoms with E-state index in [0.717, 1.165) is 17.4 Å². The normalized spacial score (nSPS) is 20.7. The van der Waals surface area contributed by atoms with Gasteiger partial charge in [0.05, 0.1) is 0 Å². The summed E-state index contributed by atoms with van der Waals surface area (Å²) in [6.07, 6.45) is 12.5. The van der Waals surface area contributed by atoms with Crippen LogP contribution in [0, 0.1) is 29.1 Å². The third kappa shape index (κ3) is 5.23. The van der Waals surface area contributed by atoms with E-state index in [1.54, 1.807) is 0 Å². The van der Waals surface area contributed by atoms with Crippen LogP contribution in [-0.2, 0) is 0 Å². The fourth-order valence-corrected chi connectivity index (χ4v) is 3.58. The molecule has 0 aliphatic heterocycles. The summed E-state index contributed by atoms with van der Waals surface area (Å²) in [6.45, 7) is 2.28. The summed E-state index contributed by atoms with van der Waals surface area (Å²) in [5.41, 5.74) is 2.39. The van der Waals surface area contributed by atoms with Crippen LogP contribution in [0.2, 0.25) is 0 Å². The van der Waals surface area contributed by atoms with Crippen molar-refractivity contribution in [3.63, 3.8) is 0 Å². The summed E-state index contributed by atoms with van der Waals surface area (Å²) in [4.78, 5) is 0. The minimum atomic E-state index is 0.727. The van der Waals surface area contributed by atoms with E-state index >= 15 is 0 Å². The minimum Gasteiger partial charge on any atom is -0.183 e. The molecule has 1 nitrogen and oxygen atoms in total. The van der Waals surface area contributed by atoms with Gasteiger partial charge in [-0.15, -0.1) is 0 Å². The SMILES string of the molecule is CCCCCC[C@H]1CC[C@H](c2ccc(C#CC#N)cc2)CC1.